The van der Waals surface area contributed by atoms with Crippen LogP contribution in [0.4, 0.5) is 0 Å². The van der Waals surface area contributed by atoms with Gasteiger partial charge in [0.2, 0.25) is 0 Å². The molecule has 54 valence electrons. The van der Waals surface area contributed by atoms with E-state index >= 15 is 0 Å². The molecule has 0 unspecified atom stereocenters. The predicted octanol–water partition coefficient (Wildman–Crippen LogP) is 1.64. The van der Waals surface area contributed by atoms with Crippen molar-refractivity contribution in [2.75, 3.05) is 6.54 Å². The molecule has 0 aromatic carbocycles. The van der Waals surface area contributed by atoms with Gasteiger partial charge in [-0.25, -0.2) is 0 Å². The summed E-state index contributed by atoms with van der Waals surface area (Å²) in [5.74, 6) is 1.79. The fourth-order valence-corrected chi connectivity index (χ4v) is 1.48. The Hall–Kier alpha value is -0.0400. The molecule has 0 aliphatic carbocycles. The highest BCUT2D eigenvalue weighted by atomic mass is 14.9. The van der Waals surface area contributed by atoms with Crippen LogP contribution in [0, 0.1) is 11.8 Å². The van der Waals surface area contributed by atoms with E-state index in [1.165, 1.54) is 13.0 Å². The van der Waals surface area contributed by atoms with Gasteiger partial charge in [-0.3, -0.25) is 0 Å². The second-order valence-electron chi connectivity index (χ2n) is 3.55. The fraction of sp³-hybridized carbons (Fsp3) is 1.00. The van der Waals surface area contributed by atoms with Crippen LogP contribution in [0.3, 0.4) is 0 Å². The van der Waals surface area contributed by atoms with Crippen LogP contribution in [0.25, 0.3) is 0 Å². The molecule has 1 rings (SSSR count). The van der Waals surface area contributed by atoms with Gasteiger partial charge >= 0.3 is 0 Å². The zero-order chi connectivity index (χ0) is 6.85. The van der Waals surface area contributed by atoms with Crippen molar-refractivity contribution in [2.45, 2.75) is 33.2 Å². The largest absolute Gasteiger partial charge is 0.314 e. The molecule has 0 aromatic heterocycles. The third-order valence-corrected chi connectivity index (χ3v) is 2.33. The van der Waals surface area contributed by atoms with E-state index in [0.29, 0.717) is 0 Å². The lowest BCUT2D eigenvalue weighted by Crippen LogP contribution is -2.17. The van der Waals surface area contributed by atoms with E-state index in [1.54, 1.807) is 0 Å². The van der Waals surface area contributed by atoms with Crippen molar-refractivity contribution < 1.29 is 0 Å². The van der Waals surface area contributed by atoms with E-state index in [4.69, 9.17) is 0 Å². The molecule has 1 N–H and O–H groups in total. The van der Waals surface area contributed by atoms with Gasteiger partial charge in [-0.05, 0) is 31.7 Å². The van der Waals surface area contributed by atoms with E-state index in [-0.39, 0.29) is 0 Å². The smallest absolute Gasteiger partial charge is 0.00420 e. The van der Waals surface area contributed by atoms with Crippen molar-refractivity contribution in [1.82, 2.24) is 5.32 Å². The van der Waals surface area contributed by atoms with Gasteiger partial charge < -0.3 is 5.32 Å². The van der Waals surface area contributed by atoms with Crippen LogP contribution in [0.2, 0.25) is 0 Å². The topological polar surface area (TPSA) is 12.0 Å². The van der Waals surface area contributed by atoms with Crippen molar-refractivity contribution >= 4 is 0 Å². The third-order valence-electron chi connectivity index (χ3n) is 2.33. The van der Waals surface area contributed by atoms with Gasteiger partial charge in [0.25, 0.3) is 0 Å². The zero-order valence-electron chi connectivity index (χ0n) is 6.65. The number of hydrogen-bond donors (Lipinski definition) is 1. The Morgan fingerprint density at radius 2 is 2.11 bits per heavy atom. The Bertz CT molecular complexity index is 88.6. The molecule has 0 aromatic rings. The summed E-state index contributed by atoms with van der Waals surface area (Å²) in [7, 11) is 0. The van der Waals surface area contributed by atoms with E-state index in [2.05, 4.69) is 26.1 Å². The molecule has 1 saturated heterocycles. The van der Waals surface area contributed by atoms with Crippen molar-refractivity contribution in [3.05, 3.63) is 0 Å². The lowest BCUT2D eigenvalue weighted by molar-refractivity contribution is 0.413. The van der Waals surface area contributed by atoms with Gasteiger partial charge in [0, 0.05) is 6.04 Å². The van der Waals surface area contributed by atoms with E-state index in [1.807, 2.05) is 0 Å². The molecule has 9 heavy (non-hydrogen) atoms. The Kier molecular flexibility index (Phi) is 2.12. The normalized spacial score (nSPS) is 36.0. The summed E-state index contributed by atoms with van der Waals surface area (Å²) in [6, 6.07) is 0.761. The highest BCUT2D eigenvalue weighted by molar-refractivity contribution is 4.79. The molecule has 0 spiro atoms. The fourth-order valence-electron chi connectivity index (χ4n) is 1.48. The molecule has 0 bridgehead atoms. The minimum atomic E-state index is 0.761. The van der Waals surface area contributed by atoms with Gasteiger partial charge in [-0.2, -0.15) is 0 Å². The maximum atomic E-state index is 3.45. The maximum Gasteiger partial charge on any atom is 0.00420 e. The Morgan fingerprint density at radius 1 is 1.44 bits per heavy atom. The molecule has 1 heterocycles. The van der Waals surface area contributed by atoms with E-state index < -0.39 is 0 Å². The molecule has 1 aliphatic heterocycles. The lowest BCUT2D eigenvalue weighted by Gasteiger charge is -2.11. The molecular formula is C8H17N. The standard InChI is InChI=1S/C8H17N/c1-6(2)8-4-7(3)9-5-8/h6-9H,4-5H2,1-3H3/t7-,8+/m0/s1. The summed E-state index contributed by atoms with van der Waals surface area (Å²) < 4.78 is 0. The summed E-state index contributed by atoms with van der Waals surface area (Å²) in [4.78, 5) is 0. The molecule has 0 radical (unpaired) electrons. The van der Waals surface area contributed by atoms with Crippen molar-refractivity contribution in [2.24, 2.45) is 11.8 Å². The Labute approximate surface area is 57.8 Å². The van der Waals surface area contributed by atoms with Crippen LogP contribution < -0.4 is 5.32 Å². The first kappa shape index (κ1) is 7.07. The molecular weight excluding hydrogens is 110 g/mol. The molecule has 0 amide bonds. The first-order valence-electron chi connectivity index (χ1n) is 3.93. The van der Waals surface area contributed by atoms with Gasteiger partial charge in [0.1, 0.15) is 0 Å². The highest BCUT2D eigenvalue weighted by Gasteiger charge is 2.22. The molecule has 2 atom stereocenters. The van der Waals surface area contributed by atoms with Crippen molar-refractivity contribution in [1.29, 1.82) is 0 Å². The SMILES string of the molecule is CC(C)[C@H]1CN[C@@H](C)C1. The van der Waals surface area contributed by atoms with Gasteiger partial charge in [0.05, 0.1) is 0 Å². The van der Waals surface area contributed by atoms with Gasteiger partial charge in [-0.15, -0.1) is 0 Å². The van der Waals surface area contributed by atoms with Gasteiger partial charge in [-0.1, -0.05) is 13.8 Å². The third kappa shape index (κ3) is 1.68. The van der Waals surface area contributed by atoms with Crippen molar-refractivity contribution in [3.63, 3.8) is 0 Å². The van der Waals surface area contributed by atoms with Crippen molar-refractivity contribution in [3.8, 4) is 0 Å². The molecule has 1 aliphatic rings. The minimum absolute atomic E-state index is 0.761. The number of rotatable bonds is 1. The summed E-state index contributed by atoms with van der Waals surface area (Å²) >= 11 is 0. The number of hydrogen-bond acceptors (Lipinski definition) is 1. The van der Waals surface area contributed by atoms with Crippen LogP contribution in [0.5, 0.6) is 0 Å². The summed E-state index contributed by atoms with van der Waals surface area (Å²) in [6.07, 6.45) is 1.37. The first-order valence-corrected chi connectivity index (χ1v) is 3.93. The average molecular weight is 127 g/mol. The monoisotopic (exact) mass is 127 g/mol. The Morgan fingerprint density at radius 3 is 2.33 bits per heavy atom. The summed E-state index contributed by atoms with van der Waals surface area (Å²) in [5.41, 5.74) is 0. The van der Waals surface area contributed by atoms with E-state index in [0.717, 1.165) is 17.9 Å². The molecule has 0 saturated carbocycles. The highest BCUT2D eigenvalue weighted by Crippen LogP contribution is 2.20. The average Bonchev–Trinajstić information content (AvgIpc) is 2.14. The second kappa shape index (κ2) is 2.70. The predicted molar refractivity (Wildman–Crippen MR) is 40.4 cm³/mol. The molecule has 1 fully saturated rings. The van der Waals surface area contributed by atoms with Crippen LogP contribution >= 0.6 is 0 Å². The molecule has 1 heteroatoms. The summed E-state index contributed by atoms with van der Waals surface area (Å²) in [5, 5.41) is 3.45. The first-order chi connectivity index (χ1) is 4.20. The second-order valence-corrected chi connectivity index (χ2v) is 3.55. The quantitative estimate of drug-likeness (QED) is 0.564. The van der Waals surface area contributed by atoms with E-state index in [9.17, 15) is 0 Å². The minimum Gasteiger partial charge on any atom is -0.314 e. The lowest BCUT2D eigenvalue weighted by atomic mass is 9.94. The number of nitrogens with one attached hydrogen (secondary N) is 1. The van der Waals surface area contributed by atoms with Crippen LogP contribution in [0.15, 0.2) is 0 Å². The zero-order valence-corrected chi connectivity index (χ0v) is 6.65. The summed E-state index contributed by atoms with van der Waals surface area (Å²) in [6.45, 7) is 8.12. The maximum absolute atomic E-state index is 3.45. The van der Waals surface area contributed by atoms with Crippen LogP contribution in [-0.4, -0.2) is 12.6 Å². The molecule has 1 nitrogen and oxygen atoms in total. The van der Waals surface area contributed by atoms with Crippen LogP contribution in [-0.2, 0) is 0 Å². The van der Waals surface area contributed by atoms with Crippen LogP contribution in [0.1, 0.15) is 27.2 Å². The Balaban J connectivity index is 2.30. The van der Waals surface area contributed by atoms with Gasteiger partial charge in [0.15, 0.2) is 0 Å².